The van der Waals surface area contributed by atoms with Crippen molar-refractivity contribution in [2.75, 3.05) is 20.1 Å². The Bertz CT molecular complexity index is 390. The number of rotatable bonds is 8. The first-order valence-corrected chi connectivity index (χ1v) is 9.43. The third-order valence-corrected chi connectivity index (χ3v) is 5.47. The Morgan fingerprint density at radius 3 is 2.33 bits per heavy atom. The number of piperidine rings is 1. The quantitative estimate of drug-likeness (QED) is 0.662. The van der Waals surface area contributed by atoms with Gasteiger partial charge in [0.2, 0.25) is 0 Å². The van der Waals surface area contributed by atoms with Crippen molar-refractivity contribution in [3.63, 3.8) is 0 Å². The van der Waals surface area contributed by atoms with E-state index in [0.717, 1.165) is 32.2 Å². The van der Waals surface area contributed by atoms with Gasteiger partial charge in [-0.05, 0) is 39.7 Å². The highest BCUT2D eigenvalue weighted by Crippen LogP contribution is 2.21. The summed E-state index contributed by atoms with van der Waals surface area (Å²) in [5, 5.41) is 5.19. The molecule has 0 bridgehead atoms. The molecule has 2 unspecified atom stereocenters. The minimum atomic E-state index is -3.44. The molecule has 7 heteroatoms. The number of nitrogens with one attached hydrogen (secondary N) is 2. The van der Waals surface area contributed by atoms with Gasteiger partial charge in [0.1, 0.15) is 0 Å². The average molecular weight is 321 g/mol. The highest BCUT2D eigenvalue weighted by molar-refractivity contribution is 7.87. The third-order valence-electron chi connectivity index (χ3n) is 4.03. The first-order chi connectivity index (χ1) is 9.74. The second-order valence-corrected chi connectivity index (χ2v) is 8.17. The molecule has 1 fully saturated rings. The zero-order valence-electron chi connectivity index (χ0n) is 14.1. The van der Waals surface area contributed by atoms with Gasteiger partial charge in [-0.1, -0.05) is 20.3 Å². The Kier molecular flexibility index (Phi) is 7.56. The monoisotopic (exact) mass is 320 g/mol. The molecule has 6 nitrogen and oxygen atoms in total. The van der Waals surface area contributed by atoms with Gasteiger partial charge in [-0.25, -0.2) is 5.01 Å². The molecule has 1 rings (SSSR count). The number of hydrogen-bond donors (Lipinski definition) is 2. The number of nitrogens with zero attached hydrogens (tertiary/aromatic N) is 2. The summed E-state index contributed by atoms with van der Waals surface area (Å²) >= 11 is 0. The van der Waals surface area contributed by atoms with Crippen molar-refractivity contribution in [2.24, 2.45) is 0 Å². The molecule has 2 N–H and O–H groups in total. The van der Waals surface area contributed by atoms with Gasteiger partial charge in [-0.3, -0.25) is 0 Å². The molecule has 0 aromatic rings. The fourth-order valence-corrected chi connectivity index (χ4v) is 3.75. The maximum absolute atomic E-state index is 12.4. The minimum absolute atomic E-state index is 0.250. The topological polar surface area (TPSA) is 64.7 Å². The van der Waals surface area contributed by atoms with Crippen LogP contribution in [0.5, 0.6) is 0 Å². The van der Waals surface area contributed by atoms with Gasteiger partial charge >= 0.3 is 0 Å². The molecule has 0 radical (unpaired) electrons. The van der Waals surface area contributed by atoms with Crippen LogP contribution in [0.2, 0.25) is 0 Å². The van der Waals surface area contributed by atoms with E-state index in [1.807, 2.05) is 5.01 Å². The molecule has 0 aromatic heterocycles. The Morgan fingerprint density at radius 2 is 1.81 bits per heavy atom. The Hall–Kier alpha value is -0.210. The first kappa shape index (κ1) is 18.8. The lowest BCUT2D eigenvalue weighted by molar-refractivity contribution is 0.0765. The standard InChI is InChI=1S/C14H32N4O2S/c1-12(2)15-10-7-11-17(5)21(19,20)16-18-13(3)8-6-9-14(18)4/h12-16H,6-11H2,1-5H3. The van der Waals surface area contributed by atoms with Crippen molar-refractivity contribution in [1.29, 1.82) is 0 Å². The van der Waals surface area contributed by atoms with Crippen LogP contribution in [0.4, 0.5) is 0 Å². The summed E-state index contributed by atoms with van der Waals surface area (Å²) in [5.41, 5.74) is 0. The zero-order valence-corrected chi connectivity index (χ0v) is 14.9. The molecule has 126 valence electrons. The van der Waals surface area contributed by atoms with E-state index in [1.165, 1.54) is 4.31 Å². The lowest BCUT2D eigenvalue weighted by atomic mass is 10.0. The van der Waals surface area contributed by atoms with Crippen LogP contribution in [-0.2, 0) is 10.2 Å². The highest BCUT2D eigenvalue weighted by atomic mass is 32.2. The Labute approximate surface area is 130 Å². The number of hydrazine groups is 1. The molecule has 21 heavy (non-hydrogen) atoms. The van der Waals surface area contributed by atoms with E-state index in [9.17, 15) is 8.42 Å². The second-order valence-electron chi connectivity index (χ2n) is 6.42. The molecule has 2 atom stereocenters. The smallest absolute Gasteiger partial charge is 0.292 e. The SMILES string of the molecule is CC(C)NCCCN(C)S(=O)(=O)NN1C(C)CCCC1C. The van der Waals surface area contributed by atoms with E-state index in [0.29, 0.717) is 12.6 Å². The molecule has 1 saturated heterocycles. The summed E-state index contributed by atoms with van der Waals surface area (Å²) in [6, 6.07) is 0.930. The molecule has 0 aromatic carbocycles. The van der Waals surface area contributed by atoms with Gasteiger partial charge < -0.3 is 5.32 Å². The van der Waals surface area contributed by atoms with Gasteiger partial charge in [0.25, 0.3) is 10.2 Å². The van der Waals surface area contributed by atoms with E-state index in [2.05, 4.69) is 37.8 Å². The molecular weight excluding hydrogens is 288 g/mol. The predicted octanol–water partition coefficient (Wildman–Crippen LogP) is 1.32. The van der Waals surface area contributed by atoms with Crippen molar-refractivity contribution in [1.82, 2.24) is 19.5 Å². The van der Waals surface area contributed by atoms with E-state index >= 15 is 0 Å². The lowest BCUT2D eigenvalue weighted by Crippen LogP contribution is -2.56. The lowest BCUT2D eigenvalue weighted by Gasteiger charge is -2.39. The molecule has 1 aliphatic heterocycles. The predicted molar refractivity (Wildman–Crippen MR) is 87.1 cm³/mol. The molecule has 1 heterocycles. The largest absolute Gasteiger partial charge is 0.314 e. The Morgan fingerprint density at radius 1 is 1.24 bits per heavy atom. The summed E-state index contributed by atoms with van der Waals surface area (Å²) < 4.78 is 26.1. The third kappa shape index (κ3) is 6.20. The van der Waals surface area contributed by atoms with E-state index in [-0.39, 0.29) is 12.1 Å². The Balaban J connectivity index is 2.47. The zero-order chi connectivity index (χ0) is 16.0. The van der Waals surface area contributed by atoms with Crippen LogP contribution in [0.15, 0.2) is 0 Å². The second kappa shape index (κ2) is 8.43. The van der Waals surface area contributed by atoms with Crippen LogP contribution in [0.3, 0.4) is 0 Å². The first-order valence-electron chi connectivity index (χ1n) is 7.99. The van der Waals surface area contributed by atoms with Crippen molar-refractivity contribution in [3.05, 3.63) is 0 Å². The van der Waals surface area contributed by atoms with E-state index in [1.54, 1.807) is 7.05 Å². The minimum Gasteiger partial charge on any atom is -0.314 e. The number of hydrogen-bond acceptors (Lipinski definition) is 4. The highest BCUT2D eigenvalue weighted by Gasteiger charge is 2.29. The maximum Gasteiger partial charge on any atom is 0.292 e. The molecule has 0 saturated carbocycles. The van der Waals surface area contributed by atoms with Crippen LogP contribution in [-0.4, -0.2) is 56.0 Å². The van der Waals surface area contributed by atoms with Crippen LogP contribution in [0.1, 0.15) is 53.4 Å². The molecule has 0 amide bonds. The van der Waals surface area contributed by atoms with E-state index < -0.39 is 10.2 Å². The fourth-order valence-electron chi connectivity index (χ4n) is 2.62. The van der Waals surface area contributed by atoms with Crippen molar-refractivity contribution >= 4 is 10.2 Å². The van der Waals surface area contributed by atoms with Gasteiger partial charge in [0, 0.05) is 31.7 Å². The van der Waals surface area contributed by atoms with Crippen LogP contribution in [0, 0.1) is 0 Å². The molecular formula is C14H32N4O2S. The van der Waals surface area contributed by atoms with Gasteiger partial charge in [-0.15, -0.1) is 4.83 Å². The van der Waals surface area contributed by atoms with E-state index in [4.69, 9.17) is 0 Å². The van der Waals surface area contributed by atoms with Crippen molar-refractivity contribution < 1.29 is 8.42 Å². The van der Waals surface area contributed by atoms with Gasteiger partial charge in [0.05, 0.1) is 0 Å². The summed E-state index contributed by atoms with van der Waals surface area (Å²) in [6.07, 6.45) is 4.04. The summed E-state index contributed by atoms with van der Waals surface area (Å²) in [6.45, 7) is 9.66. The summed E-state index contributed by atoms with van der Waals surface area (Å²) in [7, 11) is -1.81. The molecule has 0 spiro atoms. The summed E-state index contributed by atoms with van der Waals surface area (Å²) in [5.74, 6) is 0. The van der Waals surface area contributed by atoms with Crippen LogP contribution >= 0.6 is 0 Å². The van der Waals surface area contributed by atoms with Crippen molar-refractivity contribution in [3.8, 4) is 0 Å². The fraction of sp³-hybridized carbons (Fsp3) is 1.00. The van der Waals surface area contributed by atoms with Gasteiger partial charge in [0.15, 0.2) is 0 Å². The van der Waals surface area contributed by atoms with Crippen LogP contribution in [0.25, 0.3) is 0 Å². The molecule has 0 aliphatic carbocycles. The van der Waals surface area contributed by atoms with Crippen LogP contribution < -0.4 is 10.1 Å². The normalized spacial score (nSPS) is 24.9. The van der Waals surface area contributed by atoms with Gasteiger partial charge in [-0.2, -0.15) is 12.7 Å². The average Bonchev–Trinajstić information content (AvgIpc) is 2.38. The maximum atomic E-state index is 12.4. The molecule has 1 aliphatic rings. The van der Waals surface area contributed by atoms with Crippen molar-refractivity contribution in [2.45, 2.75) is 71.5 Å². The summed E-state index contributed by atoms with van der Waals surface area (Å²) in [4.78, 5) is 2.76.